The van der Waals surface area contributed by atoms with E-state index in [1.807, 2.05) is 0 Å². The maximum Gasteiger partial charge on any atom is 0.0194 e. The van der Waals surface area contributed by atoms with Crippen LogP contribution in [0.25, 0.3) is 0 Å². The molecule has 0 fully saturated rings. The minimum atomic E-state index is 0.293. The molecule has 0 heterocycles. The Morgan fingerprint density at radius 1 is 1.27 bits per heavy atom. The Kier molecular flexibility index (Phi) is 1.89. The van der Waals surface area contributed by atoms with Gasteiger partial charge in [0.25, 0.3) is 0 Å². The van der Waals surface area contributed by atoms with Gasteiger partial charge >= 0.3 is 0 Å². The summed E-state index contributed by atoms with van der Waals surface area (Å²) in [4.78, 5) is 0. The highest BCUT2D eigenvalue weighted by Gasteiger charge is 2.11. The normalized spacial score (nSPS) is 12.5. The molecule has 0 aliphatic heterocycles. The first-order valence-corrected chi connectivity index (χ1v) is 3.66. The van der Waals surface area contributed by atoms with Crippen molar-refractivity contribution < 1.29 is 7.31 Å². The van der Waals surface area contributed by atoms with Gasteiger partial charge in [0, 0.05) is 7.31 Å². The quantitative estimate of drug-likeness (QED) is 0.534. The van der Waals surface area contributed by atoms with Gasteiger partial charge in [0.15, 0.2) is 0 Å². The maximum absolute atomic E-state index is 5.75. The third-order valence-electron chi connectivity index (χ3n) is 1.64. The highest BCUT2D eigenvalue weighted by Crippen LogP contribution is 2.20. The smallest absolute Gasteiger partial charge is 0.0194 e. The summed E-state index contributed by atoms with van der Waals surface area (Å²) in [6.45, 7) is 6.67. The summed E-state index contributed by atoms with van der Waals surface area (Å²) in [6, 6.07) is 10.6. The third-order valence-corrected chi connectivity index (χ3v) is 1.64. The monoisotopic (exact) mass is 159 g/mol. The Hall–Kier alpha value is -0.780. The summed E-state index contributed by atoms with van der Waals surface area (Å²) >= 11 is 0. The molecule has 11 heavy (non-hydrogen) atoms. The van der Waals surface area contributed by atoms with Crippen molar-refractivity contribution >= 4 is 0 Å². The molecule has 0 radical (unpaired) electrons. The van der Waals surface area contributed by atoms with Crippen molar-refractivity contribution in [2.24, 2.45) is 0 Å². The molecule has 0 atom stereocenters. The summed E-state index contributed by atoms with van der Waals surface area (Å²) in [5.74, 6) is 0. The number of hydrogen-bond donors (Lipinski definition) is 0. The lowest BCUT2D eigenvalue weighted by molar-refractivity contribution is 0.590. The third kappa shape index (κ3) is 2.75. The SMILES string of the molecule is CC(C)(C)c1ccccc1.[2H]C.[2H][2H].[2H][2H]. The van der Waals surface area contributed by atoms with Crippen LogP contribution >= 0.6 is 0 Å². The summed E-state index contributed by atoms with van der Waals surface area (Å²) < 4.78 is 25.8. The van der Waals surface area contributed by atoms with Crippen molar-refractivity contribution in [1.82, 2.24) is 0 Å². The first-order valence-electron chi connectivity index (χ1n) is 6.66. The molecule has 0 saturated heterocycles. The van der Waals surface area contributed by atoms with E-state index in [-0.39, 0.29) is 0 Å². The Bertz CT molecular complexity index is 205. The Morgan fingerprint density at radius 3 is 2.00 bits per heavy atom. The second-order valence-corrected chi connectivity index (χ2v) is 3.62. The summed E-state index contributed by atoms with van der Waals surface area (Å²) in [5.41, 5.74) is 1.69. The van der Waals surface area contributed by atoms with Crippen LogP contribution in [0.1, 0.15) is 41.0 Å². The van der Waals surface area contributed by atoms with Crippen molar-refractivity contribution in [3.05, 3.63) is 35.9 Å². The summed E-state index contributed by atoms with van der Waals surface area (Å²) in [7, 11) is 1.25. The highest BCUT2D eigenvalue weighted by atomic mass is 14.2. The molecule has 0 amide bonds. The van der Waals surface area contributed by atoms with E-state index in [1.54, 1.807) is 0 Å². The van der Waals surface area contributed by atoms with E-state index in [0.29, 0.717) is 5.41 Å². The molecule has 0 aliphatic rings. The molecule has 0 aromatic heterocycles. The molecule has 1 aromatic rings. The van der Waals surface area contributed by atoms with Gasteiger partial charge in [-0.05, 0) is 11.0 Å². The fourth-order valence-corrected chi connectivity index (χ4v) is 0.938. The van der Waals surface area contributed by atoms with Crippen molar-refractivity contribution in [2.45, 2.75) is 33.6 Å². The van der Waals surface area contributed by atoms with Crippen LogP contribution < -0.4 is 0 Å². The molecule has 1 aromatic carbocycles. The van der Waals surface area contributed by atoms with Crippen LogP contribution in [0, 0.1) is 0 Å². The zero-order chi connectivity index (χ0) is 13.6. The molecule has 66 valence electrons. The molecule has 0 N–H and O–H groups in total. The molecule has 0 aliphatic carbocycles. The van der Waals surface area contributed by atoms with Gasteiger partial charge < -0.3 is 0 Å². The number of hydrogen-bond acceptors (Lipinski definition) is 0. The Labute approximate surface area is 77.8 Å². The first-order chi connectivity index (χ1) is 7.61. The van der Waals surface area contributed by atoms with E-state index < -0.39 is 0 Å². The highest BCUT2D eigenvalue weighted by molar-refractivity contribution is 5.21. The van der Waals surface area contributed by atoms with Gasteiger partial charge in [-0.2, -0.15) is 0 Å². The Balaban J connectivity index is -0.000000245. The van der Waals surface area contributed by atoms with Crippen LogP contribution in [-0.2, 0) is 5.41 Å². The molecular weight excluding hydrogens is 132 g/mol. The lowest BCUT2D eigenvalue weighted by Gasteiger charge is -2.18. The second kappa shape index (κ2) is 3.56. The minimum Gasteiger partial charge on any atom is -0.0776 e. The number of benzene rings is 1. The summed E-state index contributed by atoms with van der Waals surface area (Å²) in [6.07, 6.45) is 0. The zero-order valence-corrected chi connectivity index (χ0v) is 7.89. The predicted octanol–water partition coefficient (Wildman–Crippen LogP) is 4.11. The molecule has 0 bridgehead atoms. The van der Waals surface area contributed by atoms with Crippen molar-refractivity contribution in [1.29, 1.82) is 0 Å². The summed E-state index contributed by atoms with van der Waals surface area (Å²) in [5, 5.41) is 0. The van der Waals surface area contributed by atoms with Gasteiger partial charge in [-0.1, -0.05) is 58.5 Å². The van der Waals surface area contributed by atoms with E-state index in [9.17, 15) is 0 Å². The lowest BCUT2D eigenvalue weighted by atomic mass is 9.87. The minimum absolute atomic E-state index is 0.293. The molecular formula is C11H22. The van der Waals surface area contributed by atoms with Crippen molar-refractivity contribution in [3.8, 4) is 0 Å². The molecule has 0 unspecified atom stereocenters. The first kappa shape index (κ1) is 5.82. The van der Waals surface area contributed by atoms with Crippen LogP contribution in [0.4, 0.5) is 0 Å². The van der Waals surface area contributed by atoms with Crippen LogP contribution in [-0.4, -0.2) is 0 Å². The van der Waals surface area contributed by atoms with E-state index in [2.05, 4.69) is 51.1 Å². The van der Waals surface area contributed by atoms with E-state index in [4.69, 9.17) is 7.31 Å². The lowest BCUT2D eigenvalue weighted by Crippen LogP contribution is -2.10. The fourth-order valence-electron chi connectivity index (χ4n) is 0.938. The zero-order valence-electron chi connectivity index (χ0n) is 12.9. The standard InChI is InChI=1S/C10H14.CH4.2H2/c1-10(2,3)9-7-5-4-6-8-9;;;/h4-8H,1-3H3;1H4;2*1H/i;1D;2*1+1D. The fraction of sp³-hybridized carbons (Fsp3) is 0.455. The molecule has 0 heteroatoms. The van der Waals surface area contributed by atoms with E-state index >= 15 is 0 Å². The molecule has 0 nitrogen and oxygen atoms in total. The number of rotatable bonds is 0. The Morgan fingerprint density at radius 2 is 1.73 bits per heavy atom. The molecule has 0 saturated carbocycles. The largest absolute Gasteiger partial charge is 0.0776 e. The topological polar surface area (TPSA) is 0 Å². The van der Waals surface area contributed by atoms with Crippen molar-refractivity contribution in [3.63, 3.8) is 0 Å². The van der Waals surface area contributed by atoms with E-state index in [1.165, 1.54) is 13.0 Å². The van der Waals surface area contributed by atoms with Gasteiger partial charge in [0.1, 0.15) is 0 Å². The average Bonchev–Trinajstić information content (AvgIpc) is 2.37. The van der Waals surface area contributed by atoms with Crippen LogP contribution in [0.15, 0.2) is 30.3 Å². The van der Waals surface area contributed by atoms with Crippen LogP contribution in [0.2, 0.25) is 0 Å². The van der Waals surface area contributed by atoms with Gasteiger partial charge in [0.05, 0.1) is 0 Å². The molecule has 0 spiro atoms. The molecule has 1 rings (SSSR count). The van der Waals surface area contributed by atoms with Gasteiger partial charge in [-0.3, -0.25) is 0 Å². The van der Waals surface area contributed by atoms with Crippen LogP contribution in [0.5, 0.6) is 0 Å². The maximum atomic E-state index is 5.75. The van der Waals surface area contributed by atoms with Gasteiger partial charge in [0.2, 0.25) is 0 Å². The average molecular weight is 159 g/mol. The van der Waals surface area contributed by atoms with Gasteiger partial charge in [-0.25, -0.2) is 0 Å². The predicted molar refractivity (Wildman–Crippen MR) is 56.1 cm³/mol. The van der Waals surface area contributed by atoms with Crippen molar-refractivity contribution in [2.75, 3.05) is 0 Å². The second-order valence-electron chi connectivity index (χ2n) is 3.62. The van der Waals surface area contributed by atoms with Gasteiger partial charge in [-0.15, -0.1) is 0 Å². The van der Waals surface area contributed by atoms with Crippen LogP contribution in [0.3, 0.4) is 0 Å². The van der Waals surface area contributed by atoms with E-state index in [0.717, 1.165) is 0 Å².